The van der Waals surface area contributed by atoms with Crippen LogP contribution < -0.4 is 5.73 Å². The Bertz CT molecular complexity index is 390. The Morgan fingerprint density at radius 1 is 1.57 bits per heavy atom. The molecule has 0 saturated heterocycles. The summed E-state index contributed by atoms with van der Waals surface area (Å²) in [5.74, 6) is -0.234. The molecule has 0 radical (unpaired) electrons. The van der Waals surface area contributed by atoms with Crippen molar-refractivity contribution in [2.24, 2.45) is 10.7 Å². The average molecular weight is 194 g/mol. The van der Waals surface area contributed by atoms with Crippen molar-refractivity contribution in [2.45, 2.75) is 13.0 Å². The molecule has 74 valence electrons. The Kier molecular flexibility index (Phi) is 2.11. The molecule has 0 fully saturated rings. The zero-order valence-electron chi connectivity index (χ0n) is 7.83. The predicted molar refractivity (Wildman–Crippen MR) is 51.5 cm³/mol. The van der Waals surface area contributed by atoms with Crippen LogP contribution in [0.2, 0.25) is 0 Å². The second kappa shape index (κ2) is 3.29. The number of nitrogens with zero attached hydrogens (tertiary/aromatic N) is 1. The molecule has 1 aromatic carbocycles. The lowest BCUT2D eigenvalue weighted by Gasteiger charge is -2.11. The first kappa shape index (κ1) is 8.99. The van der Waals surface area contributed by atoms with Gasteiger partial charge in [-0.2, -0.15) is 0 Å². The molecule has 0 spiro atoms. The summed E-state index contributed by atoms with van der Waals surface area (Å²) >= 11 is 0. The Morgan fingerprint density at radius 3 is 3.00 bits per heavy atom. The van der Waals surface area contributed by atoms with E-state index in [4.69, 9.17) is 10.5 Å². The van der Waals surface area contributed by atoms with Gasteiger partial charge in [-0.15, -0.1) is 0 Å². The number of rotatable bonds is 1. The van der Waals surface area contributed by atoms with Crippen molar-refractivity contribution in [1.82, 2.24) is 0 Å². The van der Waals surface area contributed by atoms with E-state index in [0.717, 1.165) is 0 Å². The number of amidine groups is 1. The lowest BCUT2D eigenvalue weighted by Crippen LogP contribution is -2.14. The zero-order chi connectivity index (χ0) is 10.1. The highest BCUT2D eigenvalue weighted by Crippen LogP contribution is 2.25. The number of ether oxygens (including phenoxy) is 1. The highest BCUT2D eigenvalue weighted by Gasteiger charge is 2.23. The molecule has 2 rings (SSSR count). The van der Waals surface area contributed by atoms with E-state index in [9.17, 15) is 4.39 Å². The van der Waals surface area contributed by atoms with Gasteiger partial charge in [0.1, 0.15) is 11.9 Å². The second-order valence-electron chi connectivity index (χ2n) is 3.26. The Labute approximate surface area is 81.4 Å². The molecule has 3 nitrogen and oxygen atoms in total. The molecule has 1 aromatic rings. The summed E-state index contributed by atoms with van der Waals surface area (Å²) in [5, 5.41) is 0. The first-order valence-corrected chi connectivity index (χ1v) is 4.40. The molecule has 1 unspecified atom stereocenters. The average Bonchev–Trinajstić information content (AvgIpc) is 2.57. The fourth-order valence-corrected chi connectivity index (χ4v) is 1.47. The molecular formula is C10H11FN2O. The fraction of sp³-hybridized carbons (Fsp3) is 0.300. The lowest BCUT2D eigenvalue weighted by molar-refractivity contribution is 0.220. The van der Waals surface area contributed by atoms with Crippen molar-refractivity contribution in [2.75, 3.05) is 6.54 Å². The summed E-state index contributed by atoms with van der Waals surface area (Å²) in [6, 6.07) is 5.35. The van der Waals surface area contributed by atoms with Gasteiger partial charge in [0.25, 0.3) is 6.02 Å². The monoisotopic (exact) mass is 194 g/mol. The minimum atomic E-state index is -0.366. The number of hydrogen-bond donors (Lipinski definition) is 1. The van der Waals surface area contributed by atoms with E-state index < -0.39 is 0 Å². The lowest BCUT2D eigenvalue weighted by atomic mass is 10.1. The van der Waals surface area contributed by atoms with Crippen LogP contribution in [0.3, 0.4) is 0 Å². The van der Waals surface area contributed by atoms with E-state index in [1.54, 1.807) is 25.1 Å². The van der Waals surface area contributed by atoms with Crippen LogP contribution in [-0.2, 0) is 4.74 Å². The molecule has 0 amide bonds. The van der Waals surface area contributed by atoms with Crippen LogP contribution in [0.1, 0.15) is 17.2 Å². The maximum absolute atomic E-state index is 13.6. The summed E-state index contributed by atoms with van der Waals surface area (Å²) in [6.45, 7) is 2.12. The highest BCUT2D eigenvalue weighted by molar-refractivity contribution is 5.73. The number of aliphatic imine (C=N–C) groups is 1. The van der Waals surface area contributed by atoms with Gasteiger partial charge in [0.05, 0.1) is 6.54 Å². The fourth-order valence-electron chi connectivity index (χ4n) is 1.47. The van der Waals surface area contributed by atoms with E-state index >= 15 is 0 Å². The van der Waals surface area contributed by atoms with Gasteiger partial charge < -0.3 is 10.5 Å². The molecule has 1 heterocycles. The highest BCUT2D eigenvalue weighted by atomic mass is 19.1. The Hall–Kier alpha value is -1.58. The van der Waals surface area contributed by atoms with Crippen LogP contribution in [0.25, 0.3) is 0 Å². The van der Waals surface area contributed by atoms with Crippen molar-refractivity contribution in [1.29, 1.82) is 0 Å². The molecule has 2 N–H and O–H groups in total. The van der Waals surface area contributed by atoms with Gasteiger partial charge in [-0.1, -0.05) is 18.2 Å². The zero-order valence-corrected chi connectivity index (χ0v) is 7.83. The standard InChI is InChI=1S/C10H11FN2O/c1-6-3-2-4-7(9(6)11)8-5-13-10(12)14-8/h2-4,8H,5H2,1H3,(H2,12,13). The molecule has 0 saturated carbocycles. The summed E-state index contributed by atoms with van der Waals surface area (Å²) in [7, 11) is 0. The van der Waals surface area contributed by atoms with E-state index in [2.05, 4.69) is 4.99 Å². The van der Waals surface area contributed by atoms with E-state index in [0.29, 0.717) is 17.7 Å². The van der Waals surface area contributed by atoms with Crippen LogP contribution >= 0.6 is 0 Å². The van der Waals surface area contributed by atoms with Gasteiger partial charge in [0.2, 0.25) is 0 Å². The number of nitrogens with two attached hydrogens (primary N) is 1. The largest absolute Gasteiger partial charge is 0.455 e. The van der Waals surface area contributed by atoms with E-state index in [1.165, 1.54) is 0 Å². The van der Waals surface area contributed by atoms with Crippen LogP contribution in [-0.4, -0.2) is 12.6 Å². The molecule has 14 heavy (non-hydrogen) atoms. The first-order chi connectivity index (χ1) is 6.68. The van der Waals surface area contributed by atoms with Crippen LogP contribution in [0.15, 0.2) is 23.2 Å². The van der Waals surface area contributed by atoms with Crippen LogP contribution in [0, 0.1) is 12.7 Å². The molecule has 1 atom stereocenters. The number of aryl methyl sites for hydroxylation is 1. The maximum atomic E-state index is 13.6. The van der Waals surface area contributed by atoms with Crippen molar-refractivity contribution in [3.63, 3.8) is 0 Å². The first-order valence-electron chi connectivity index (χ1n) is 4.40. The molecule has 1 aliphatic rings. The summed E-state index contributed by atoms with van der Waals surface area (Å²) in [6.07, 6.45) is -0.366. The summed E-state index contributed by atoms with van der Waals surface area (Å²) in [5.41, 5.74) is 6.49. The van der Waals surface area contributed by atoms with Gasteiger partial charge in [-0.05, 0) is 12.5 Å². The van der Waals surface area contributed by atoms with Crippen molar-refractivity contribution >= 4 is 6.02 Å². The van der Waals surface area contributed by atoms with Crippen molar-refractivity contribution in [3.8, 4) is 0 Å². The number of benzene rings is 1. The Balaban J connectivity index is 2.30. The molecule has 4 heteroatoms. The predicted octanol–water partition coefficient (Wildman–Crippen LogP) is 1.52. The normalized spacial score (nSPS) is 20.4. The van der Waals surface area contributed by atoms with Gasteiger partial charge >= 0.3 is 0 Å². The van der Waals surface area contributed by atoms with Gasteiger partial charge in [0, 0.05) is 5.56 Å². The quantitative estimate of drug-likeness (QED) is 0.736. The third-order valence-corrected chi connectivity index (χ3v) is 2.24. The summed E-state index contributed by atoms with van der Waals surface area (Å²) in [4.78, 5) is 3.87. The van der Waals surface area contributed by atoms with Gasteiger partial charge in [-0.25, -0.2) is 9.38 Å². The molecule has 0 aromatic heterocycles. The van der Waals surface area contributed by atoms with E-state index in [1.807, 2.05) is 0 Å². The molecule has 1 aliphatic heterocycles. The van der Waals surface area contributed by atoms with E-state index in [-0.39, 0.29) is 17.9 Å². The van der Waals surface area contributed by atoms with Crippen molar-refractivity contribution < 1.29 is 9.13 Å². The second-order valence-corrected chi connectivity index (χ2v) is 3.26. The molecule has 0 bridgehead atoms. The van der Waals surface area contributed by atoms with Crippen LogP contribution in [0.5, 0.6) is 0 Å². The third-order valence-electron chi connectivity index (χ3n) is 2.24. The Morgan fingerprint density at radius 2 is 2.36 bits per heavy atom. The number of hydrogen-bond acceptors (Lipinski definition) is 3. The van der Waals surface area contributed by atoms with Gasteiger partial charge in [-0.3, -0.25) is 0 Å². The minimum absolute atomic E-state index is 0.135. The maximum Gasteiger partial charge on any atom is 0.282 e. The molecular weight excluding hydrogens is 183 g/mol. The van der Waals surface area contributed by atoms with Crippen LogP contribution in [0.4, 0.5) is 4.39 Å². The topological polar surface area (TPSA) is 47.6 Å². The SMILES string of the molecule is Cc1cccc(C2CN=C(N)O2)c1F. The van der Waals surface area contributed by atoms with Crippen molar-refractivity contribution in [3.05, 3.63) is 35.1 Å². The molecule has 0 aliphatic carbocycles. The van der Waals surface area contributed by atoms with Gasteiger partial charge in [0.15, 0.2) is 0 Å². The number of halogens is 1. The summed E-state index contributed by atoms with van der Waals surface area (Å²) < 4.78 is 18.8. The third kappa shape index (κ3) is 1.43. The minimum Gasteiger partial charge on any atom is -0.455 e. The smallest absolute Gasteiger partial charge is 0.282 e.